The van der Waals surface area contributed by atoms with Crippen molar-refractivity contribution in [3.8, 4) is 0 Å². The zero-order chi connectivity index (χ0) is 27.5. The van der Waals surface area contributed by atoms with Gasteiger partial charge in [0.05, 0.1) is 24.0 Å². The Bertz CT molecular complexity index is 1190. The number of hydrogen-bond donors (Lipinski definition) is 0. The van der Waals surface area contributed by atoms with Crippen LogP contribution in [0.5, 0.6) is 0 Å². The maximum Gasteiger partial charge on any atom is 1.00 e. The molecule has 0 aliphatic rings. The number of aryl methyl sites for hydroxylation is 1. The fourth-order valence-electron chi connectivity index (χ4n) is 3.20. The summed E-state index contributed by atoms with van der Waals surface area (Å²) in [5.74, 6) is 2.30. The number of rotatable bonds is 12. The van der Waals surface area contributed by atoms with Gasteiger partial charge in [0.15, 0.2) is 0 Å². The largest absolute Gasteiger partial charge is 1.00 e. The molecule has 3 aromatic rings. The summed E-state index contributed by atoms with van der Waals surface area (Å²) in [5, 5.41) is 3.56. The molecule has 0 aliphatic carbocycles. The van der Waals surface area contributed by atoms with Gasteiger partial charge in [-0.15, -0.1) is 0 Å². The molecule has 11 nitrogen and oxygen atoms in total. The van der Waals surface area contributed by atoms with Gasteiger partial charge in [0.1, 0.15) is 11.5 Å². The zero-order valence-corrected chi connectivity index (χ0v) is 25.1. The predicted molar refractivity (Wildman–Crippen MR) is 141 cm³/mol. The zero-order valence-electron chi connectivity index (χ0n) is 22.3. The van der Waals surface area contributed by atoms with E-state index in [0.29, 0.717) is 18.9 Å². The van der Waals surface area contributed by atoms with Crippen molar-refractivity contribution in [1.29, 1.82) is 0 Å². The summed E-state index contributed by atoms with van der Waals surface area (Å²) in [6, 6.07) is 14.2. The van der Waals surface area contributed by atoms with Crippen molar-refractivity contribution < 1.29 is 51.0 Å². The van der Waals surface area contributed by atoms with Crippen molar-refractivity contribution in [1.82, 2.24) is 0 Å². The Labute approximate surface area is 246 Å². The molecule has 0 spiro atoms. The SMILES string of the molecule is CCC(CN=[N+]=[N-])Cc1ccco1.CCC(COS(=O)(=O)c1ccc(C)cc1)Cc1ccco1.[N-]=[N+]=[N-].[Na+]. The number of hydrogen-bond acceptors (Lipinski definition) is 6. The topological polar surface area (TPSA) is 177 Å². The fourth-order valence-corrected chi connectivity index (χ4v) is 4.17. The van der Waals surface area contributed by atoms with Crippen LogP contribution in [0.15, 0.2) is 79.9 Å². The fraction of sp³-hybridized carbons (Fsp3) is 0.440. The number of nitrogens with zero attached hydrogens (tertiary/aromatic N) is 6. The van der Waals surface area contributed by atoms with Gasteiger partial charge in [0.25, 0.3) is 10.1 Å². The van der Waals surface area contributed by atoms with Gasteiger partial charge in [0.2, 0.25) is 0 Å². The molecule has 2 heterocycles. The average Bonchev–Trinajstić information content (AvgIpc) is 3.60. The van der Waals surface area contributed by atoms with E-state index in [1.807, 2.05) is 38.1 Å². The van der Waals surface area contributed by atoms with E-state index in [1.165, 1.54) is 4.91 Å². The molecule has 38 heavy (non-hydrogen) atoms. The standard InChI is InChI=1S/C16H20O4S.C9H13N3O.N3.Na/c1-3-14(11-15-5-4-10-19-15)12-20-21(17,18)16-8-6-13(2)7-9-16;1-2-8(7-11-12-10)6-9-4-3-5-13-9;1-3-2;/h4-10,14H,3,11-12H2,1-2H3;3-5,8H,2,6-7H2,1H3;;/q;;-1;+1. The Morgan fingerprint density at radius 3 is 1.82 bits per heavy atom. The number of azide groups is 1. The van der Waals surface area contributed by atoms with Gasteiger partial charge in [-0.05, 0) is 60.7 Å². The first-order valence-electron chi connectivity index (χ1n) is 11.8. The van der Waals surface area contributed by atoms with E-state index in [4.69, 9.17) is 29.6 Å². The first kappa shape index (κ1) is 35.3. The number of benzene rings is 1. The van der Waals surface area contributed by atoms with Crippen molar-refractivity contribution in [3.63, 3.8) is 0 Å². The summed E-state index contributed by atoms with van der Waals surface area (Å²) >= 11 is 0. The quantitative estimate of drug-likeness (QED) is 0.105. The molecule has 2 atom stereocenters. The predicted octanol–water partition coefficient (Wildman–Crippen LogP) is 4.59. The van der Waals surface area contributed by atoms with Crippen LogP contribution in [0.4, 0.5) is 0 Å². The summed E-state index contributed by atoms with van der Waals surface area (Å²) < 4.78 is 39.9. The van der Waals surface area contributed by atoms with Crippen LogP contribution >= 0.6 is 0 Å². The van der Waals surface area contributed by atoms with Crippen LogP contribution in [0.3, 0.4) is 0 Å². The summed E-state index contributed by atoms with van der Waals surface area (Å²) in [6.07, 6.45) is 6.63. The molecule has 200 valence electrons. The Balaban J connectivity index is 0.000000692. The summed E-state index contributed by atoms with van der Waals surface area (Å²) in [6.45, 7) is 6.71. The van der Waals surface area contributed by atoms with Crippen LogP contribution in [-0.2, 0) is 27.1 Å². The van der Waals surface area contributed by atoms with Crippen molar-refractivity contribution >= 4 is 10.1 Å². The Hall–Kier alpha value is -2.69. The van der Waals surface area contributed by atoms with E-state index in [2.05, 4.69) is 16.9 Å². The minimum atomic E-state index is -3.69. The minimum absolute atomic E-state index is 0. The molecular weight excluding hydrogens is 519 g/mol. The summed E-state index contributed by atoms with van der Waals surface area (Å²) in [5.41, 5.74) is 22.7. The maximum absolute atomic E-state index is 12.1. The van der Waals surface area contributed by atoms with Gasteiger partial charge in [0, 0.05) is 24.3 Å². The van der Waals surface area contributed by atoms with E-state index in [0.717, 1.165) is 36.3 Å². The van der Waals surface area contributed by atoms with Crippen LogP contribution in [0.25, 0.3) is 26.4 Å². The Morgan fingerprint density at radius 2 is 1.39 bits per heavy atom. The van der Waals surface area contributed by atoms with Gasteiger partial charge < -0.3 is 19.9 Å². The second-order valence-corrected chi connectivity index (χ2v) is 9.79. The van der Waals surface area contributed by atoms with Gasteiger partial charge in [-0.2, -0.15) is 8.42 Å². The molecular formula is C25H33N6NaO5S. The molecule has 0 N–H and O–H groups in total. The van der Waals surface area contributed by atoms with Crippen molar-refractivity contribution in [2.45, 2.75) is 51.3 Å². The molecule has 0 saturated carbocycles. The first-order chi connectivity index (χ1) is 17.8. The third kappa shape index (κ3) is 14.3. The number of furan rings is 2. The molecule has 0 radical (unpaired) electrons. The molecule has 3 rings (SSSR count). The van der Waals surface area contributed by atoms with Crippen LogP contribution in [-0.4, -0.2) is 21.6 Å². The Morgan fingerprint density at radius 1 is 0.895 bits per heavy atom. The van der Waals surface area contributed by atoms with Crippen LogP contribution in [0.2, 0.25) is 0 Å². The van der Waals surface area contributed by atoms with Gasteiger partial charge in [-0.1, -0.05) is 49.5 Å². The van der Waals surface area contributed by atoms with E-state index in [-0.39, 0.29) is 47.0 Å². The molecule has 0 saturated heterocycles. The smallest absolute Gasteiger partial charge is 0.469 e. The minimum Gasteiger partial charge on any atom is -0.469 e. The molecule has 0 aliphatic heterocycles. The Kier molecular flexibility index (Phi) is 18.9. The monoisotopic (exact) mass is 552 g/mol. The average molecular weight is 553 g/mol. The maximum atomic E-state index is 12.1. The molecule has 2 aromatic heterocycles. The molecule has 0 fully saturated rings. The van der Waals surface area contributed by atoms with Crippen molar-refractivity contribution in [2.75, 3.05) is 13.2 Å². The van der Waals surface area contributed by atoms with Gasteiger partial charge in [-0.25, -0.2) is 0 Å². The third-order valence-corrected chi connectivity index (χ3v) is 6.76. The van der Waals surface area contributed by atoms with Crippen LogP contribution in [0.1, 0.15) is 43.8 Å². The van der Waals surface area contributed by atoms with E-state index >= 15 is 0 Å². The second kappa shape index (κ2) is 20.3. The normalized spacial score (nSPS) is 11.7. The van der Waals surface area contributed by atoms with E-state index in [9.17, 15) is 8.42 Å². The van der Waals surface area contributed by atoms with Crippen molar-refractivity contribution in [2.24, 2.45) is 17.0 Å². The van der Waals surface area contributed by atoms with Crippen LogP contribution < -0.4 is 29.6 Å². The molecule has 1 aromatic carbocycles. The second-order valence-electron chi connectivity index (χ2n) is 8.17. The third-order valence-electron chi connectivity index (χ3n) is 5.47. The van der Waals surface area contributed by atoms with Gasteiger partial charge >= 0.3 is 29.6 Å². The van der Waals surface area contributed by atoms with E-state index < -0.39 is 10.1 Å². The van der Waals surface area contributed by atoms with Gasteiger partial charge in [-0.3, -0.25) is 9.09 Å². The summed E-state index contributed by atoms with van der Waals surface area (Å²) in [4.78, 5) is 4.44. The van der Waals surface area contributed by atoms with Crippen LogP contribution in [0, 0.1) is 18.8 Å². The molecule has 2 unspecified atom stereocenters. The first-order valence-corrected chi connectivity index (χ1v) is 13.2. The molecule has 0 amide bonds. The molecule has 0 bridgehead atoms. The van der Waals surface area contributed by atoms with Crippen molar-refractivity contribution in [3.05, 3.63) is 105 Å². The van der Waals surface area contributed by atoms with E-state index in [1.54, 1.807) is 36.8 Å². The summed E-state index contributed by atoms with van der Waals surface area (Å²) in [7, 11) is -3.69. The molecule has 13 heteroatoms.